The van der Waals surface area contributed by atoms with Crippen LogP contribution in [0.5, 0.6) is 0 Å². The van der Waals surface area contributed by atoms with Gasteiger partial charge in [-0.25, -0.2) is 4.98 Å². The first-order valence-electron chi connectivity index (χ1n) is 6.95. The van der Waals surface area contributed by atoms with Gasteiger partial charge in [0.2, 0.25) is 11.8 Å². The molecule has 0 aliphatic carbocycles. The van der Waals surface area contributed by atoms with E-state index in [9.17, 15) is 9.59 Å². The topological polar surface area (TPSA) is 62.3 Å². The van der Waals surface area contributed by atoms with Crippen molar-refractivity contribution in [2.75, 3.05) is 0 Å². The Labute approximate surface area is 123 Å². The van der Waals surface area contributed by atoms with Crippen LogP contribution < -0.4 is 5.32 Å². The molecule has 3 unspecified atom stereocenters. The van der Waals surface area contributed by atoms with Crippen LogP contribution in [0.3, 0.4) is 0 Å². The minimum atomic E-state index is -0.456. The third-order valence-electron chi connectivity index (χ3n) is 3.80. The van der Waals surface area contributed by atoms with Gasteiger partial charge in [0, 0.05) is 5.38 Å². The lowest BCUT2D eigenvalue weighted by Crippen LogP contribution is -2.63. The second kappa shape index (κ2) is 5.91. The zero-order valence-electron chi connectivity index (χ0n) is 12.3. The molecule has 2 amide bonds. The van der Waals surface area contributed by atoms with Crippen LogP contribution in [0.25, 0.3) is 0 Å². The van der Waals surface area contributed by atoms with Gasteiger partial charge in [-0.1, -0.05) is 20.3 Å². The Bertz CT molecular complexity index is 514. The number of rotatable bonds is 4. The van der Waals surface area contributed by atoms with Crippen molar-refractivity contribution < 1.29 is 9.59 Å². The third kappa shape index (κ3) is 2.85. The van der Waals surface area contributed by atoms with Crippen molar-refractivity contribution in [1.29, 1.82) is 0 Å². The van der Waals surface area contributed by atoms with Gasteiger partial charge in [-0.3, -0.25) is 9.59 Å². The lowest BCUT2D eigenvalue weighted by molar-refractivity contribution is -0.151. The fourth-order valence-corrected chi connectivity index (χ4v) is 3.11. The molecular formula is C14H21N3O2S. The highest BCUT2D eigenvalue weighted by Crippen LogP contribution is 2.23. The molecule has 2 heterocycles. The molecule has 0 bridgehead atoms. The van der Waals surface area contributed by atoms with E-state index in [4.69, 9.17) is 0 Å². The van der Waals surface area contributed by atoms with E-state index in [0.717, 1.165) is 17.1 Å². The minimum absolute atomic E-state index is 0.0273. The summed E-state index contributed by atoms with van der Waals surface area (Å²) in [6.07, 6.45) is 0.854. The van der Waals surface area contributed by atoms with E-state index in [-0.39, 0.29) is 17.7 Å². The number of hydrogen-bond donors (Lipinski definition) is 1. The Morgan fingerprint density at radius 2 is 2.20 bits per heavy atom. The number of thiazole rings is 1. The van der Waals surface area contributed by atoms with Gasteiger partial charge in [0.05, 0.1) is 17.2 Å². The van der Waals surface area contributed by atoms with Crippen LogP contribution >= 0.6 is 11.3 Å². The van der Waals surface area contributed by atoms with Gasteiger partial charge in [-0.2, -0.15) is 0 Å². The van der Waals surface area contributed by atoms with Gasteiger partial charge >= 0.3 is 0 Å². The van der Waals surface area contributed by atoms with Crippen LogP contribution in [0.15, 0.2) is 5.38 Å². The molecular weight excluding hydrogens is 274 g/mol. The van der Waals surface area contributed by atoms with E-state index in [1.807, 2.05) is 26.2 Å². The molecule has 0 aromatic carbocycles. The molecule has 0 spiro atoms. The van der Waals surface area contributed by atoms with E-state index in [2.05, 4.69) is 10.3 Å². The van der Waals surface area contributed by atoms with Crippen LogP contribution in [0.1, 0.15) is 37.9 Å². The second-order valence-electron chi connectivity index (χ2n) is 5.38. The number of nitrogens with one attached hydrogen (secondary N) is 1. The summed E-state index contributed by atoms with van der Waals surface area (Å²) in [6, 6.07) is -0.853. The Kier molecular flexibility index (Phi) is 4.42. The van der Waals surface area contributed by atoms with Crippen molar-refractivity contribution in [3.63, 3.8) is 0 Å². The van der Waals surface area contributed by atoms with Crippen molar-refractivity contribution in [2.45, 2.75) is 52.7 Å². The summed E-state index contributed by atoms with van der Waals surface area (Å²) >= 11 is 1.56. The molecule has 5 nitrogen and oxygen atoms in total. The van der Waals surface area contributed by atoms with Crippen LogP contribution in [0.2, 0.25) is 0 Å². The van der Waals surface area contributed by atoms with Gasteiger partial charge in [-0.05, 0) is 19.8 Å². The van der Waals surface area contributed by atoms with Crippen LogP contribution in [-0.2, 0) is 16.1 Å². The Morgan fingerprint density at radius 3 is 2.75 bits per heavy atom. The molecule has 1 N–H and O–H groups in total. The van der Waals surface area contributed by atoms with E-state index in [1.165, 1.54) is 0 Å². The predicted molar refractivity (Wildman–Crippen MR) is 78.2 cm³/mol. The average Bonchev–Trinajstić information content (AvgIpc) is 2.80. The maximum Gasteiger partial charge on any atom is 0.245 e. The number of aryl methyl sites for hydroxylation is 1. The summed E-state index contributed by atoms with van der Waals surface area (Å²) in [4.78, 5) is 30.7. The predicted octanol–water partition coefficient (Wildman–Crippen LogP) is 1.71. The smallest absolute Gasteiger partial charge is 0.245 e. The Hall–Kier alpha value is -1.43. The van der Waals surface area contributed by atoms with E-state index in [1.54, 1.807) is 23.2 Å². The molecule has 1 aliphatic rings. The standard InChI is InChI=1S/C14H21N3O2S/c1-5-8(2)12-13(18)15-9(3)14(19)17(12)6-11-7-20-10(4)16-11/h7-9,12H,5-6H2,1-4H3,(H,15,18). The van der Waals surface area contributed by atoms with Gasteiger partial charge in [0.15, 0.2) is 0 Å². The third-order valence-corrected chi connectivity index (χ3v) is 4.62. The molecule has 0 radical (unpaired) electrons. The normalized spacial score (nSPS) is 24.7. The molecule has 20 heavy (non-hydrogen) atoms. The summed E-state index contributed by atoms with van der Waals surface area (Å²) in [7, 11) is 0. The van der Waals surface area contributed by atoms with Crippen molar-refractivity contribution >= 4 is 23.2 Å². The molecule has 1 aliphatic heterocycles. The van der Waals surface area contributed by atoms with Crippen molar-refractivity contribution in [1.82, 2.24) is 15.2 Å². The van der Waals surface area contributed by atoms with Gasteiger partial charge in [0.1, 0.15) is 12.1 Å². The van der Waals surface area contributed by atoms with E-state index < -0.39 is 12.1 Å². The number of aromatic nitrogens is 1. The highest BCUT2D eigenvalue weighted by atomic mass is 32.1. The molecule has 1 saturated heterocycles. The molecule has 0 saturated carbocycles. The number of amides is 2. The van der Waals surface area contributed by atoms with Crippen molar-refractivity contribution in [2.24, 2.45) is 5.92 Å². The molecule has 6 heteroatoms. The minimum Gasteiger partial charge on any atom is -0.343 e. The first kappa shape index (κ1) is 15.0. The molecule has 3 atom stereocenters. The molecule has 1 aromatic rings. The lowest BCUT2D eigenvalue weighted by Gasteiger charge is -2.40. The van der Waals surface area contributed by atoms with Gasteiger partial charge in [-0.15, -0.1) is 11.3 Å². The molecule has 1 fully saturated rings. The highest BCUT2D eigenvalue weighted by molar-refractivity contribution is 7.09. The largest absolute Gasteiger partial charge is 0.343 e. The molecule has 1 aromatic heterocycles. The summed E-state index contributed by atoms with van der Waals surface area (Å²) in [5, 5.41) is 5.69. The number of nitrogens with zero attached hydrogens (tertiary/aromatic N) is 2. The quantitative estimate of drug-likeness (QED) is 0.920. The number of carbonyl (C=O) groups is 2. The van der Waals surface area contributed by atoms with Crippen LogP contribution in [0, 0.1) is 12.8 Å². The molecule has 110 valence electrons. The van der Waals surface area contributed by atoms with Crippen molar-refractivity contribution in [3.8, 4) is 0 Å². The van der Waals surface area contributed by atoms with Gasteiger partial charge < -0.3 is 10.2 Å². The summed E-state index contributed by atoms with van der Waals surface area (Å²) < 4.78 is 0. The summed E-state index contributed by atoms with van der Waals surface area (Å²) in [5.41, 5.74) is 0.857. The number of piperazine rings is 1. The van der Waals surface area contributed by atoms with E-state index in [0.29, 0.717) is 6.54 Å². The zero-order valence-corrected chi connectivity index (χ0v) is 13.2. The number of hydrogen-bond acceptors (Lipinski definition) is 4. The lowest BCUT2D eigenvalue weighted by atomic mass is 9.93. The maximum atomic E-state index is 12.4. The highest BCUT2D eigenvalue weighted by Gasteiger charge is 2.41. The Balaban J connectivity index is 2.26. The average molecular weight is 295 g/mol. The summed E-state index contributed by atoms with van der Waals surface area (Å²) in [6.45, 7) is 8.12. The SMILES string of the molecule is CCC(C)C1C(=O)NC(C)C(=O)N1Cc1csc(C)n1. The number of carbonyl (C=O) groups excluding carboxylic acids is 2. The van der Waals surface area contributed by atoms with Crippen LogP contribution in [0.4, 0.5) is 0 Å². The van der Waals surface area contributed by atoms with Crippen LogP contribution in [-0.4, -0.2) is 33.8 Å². The van der Waals surface area contributed by atoms with Crippen molar-refractivity contribution in [3.05, 3.63) is 16.1 Å². The second-order valence-corrected chi connectivity index (χ2v) is 6.45. The Morgan fingerprint density at radius 1 is 1.50 bits per heavy atom. The summed E-state index contributed by atoms with van der Waals surface area (Å²) in [5.74, 6) is 0.0464. The first-order chi connectivity index (χ1) is 9.43. The van der Waals surface area contributed by atoms with Gasteiger partial charge in [0.25, 0.3) is 0 Å². The monoisotopic (exact) mass is 295 g/mol. The maximum absolute atomic E-state index is 12.4. The first-order valence-corrected chi connectivity index (χ1v) is 7.83. The fourth-order valence-electron chi connectivity index (χ4n) is 2.51. The van der Waals surface area contributed by atoms with E-state index >= 15 is 0 Å². The molecule has 2 rings (SSSR count). The fraction of sp³-hybridized carbons (Fsp3) is 0.643. The zero-order chi connectivity index (χ0) is 14.9.